The fourth-order valence-electron chi connectivity index (χ4n) is 0.846. The van der Waals surface area contributed by atoms with E-state index >= 15 is 0 Å². The molecule has 0 bridgehead atoms. The second-order valence-electron chi connectivity index (χ2n) is 2.54. The summed E-state index contributed by atoms with van der Waals surface area (Å²) in [5, 5.41) is 18.4. The number of aliphatic hydroxyl groups excluding tert-OH is 1. The summed E-state index contributed by atoms with van der Waals surface area (Å²) in [4.78, 5) is 0. The van der Waals surface area contributed by atoms with Crippen LogP contribution in [0.1, 0.15) is 11.7 Å². The molecule has 72 valence electrons. The first kappa shape index (κ1) is 10.9. The van der Waals surface area contributed by atoms with Crippen LogP contribution < -0.4 is 0 Å². The SMILES string of the molecule is Oc1ccc([C@H](O)C(Cl)(Cl)Cl)cc1. The predicted octanol–water partition coefficient (Wildman–Crippen LogP) is 2.80. The maximum Gasteiger partial charge on any atom is 0.220 e. The average Bonchev–Trinajstić information content (AvgIpc) is 2.03. The maximum atomic E-state index is 9.47. The maximum absolute atomic E-state index is 9.47. The largest absolute Gasteiger partial charge is 0.508 e. The zero-order chi connectivity index (χ0) is 10.1. The minimum absolute atomic E-state index is 0.0975. The standard InChI is InChI=1S/C8H7Cl3O2/c9-8(10,11)7(13)5-1-3-6(12)4-2-5/h1-4,7,12-13H/t7-/m0/s1. The Hall–Kier alpha value is -0.150. The lowest BCUT2D eigenvalue weighted by molar-refractivity contribution is 0.182. The molecule has 1 atom stereocenters. The normalized spacial score (nSPS) is 14.2. The summed E-state index contributed by atoms with van der Waals surface area (Å²) >= 11 is 16.4. The summed E-state index contributed by atoms with van der Waals surface area (Å²) in [6.45, 7) is 0. The molecule has 0 heterocycles. The van der Waals surface area contributed by atoms with E-state index in [1.165, 1.54) is 24.3 Å². The van der Waals surface area contributed by atoms with Crippen molar-refractivity contribution in [2.75, 3.05) is 0 Å². The third-order valence-corrected chi connectivity index (χ3v) is 2.14. The molecule has 2 nitrogen and oxygen atoms in total. The van der Waals surface area contributed by atoms with Gasteiger partial charge in [-0.2, -0.15) is 0 Å². The number of halogens is 3. The van der Waals surface area contributed by atoms with Crippen molar-refractivity contribution in [1.29, 1.82) is 0 Å². The van der Waals surface area contributed by atoms with Gasteiger partial charge in [-0.05, 0) is 17.7 Å². The Labute approximate surface area is 90.7 Å². The van der Waals surface area contributed by atoms with Crippen LogP contribution >= 0.6 is 34.8 Å². The van der Waals surface area contributed by atoms with E-state index in [-0.39, 0.29) is 5.75 Å². The minimum Gasteiger partial charge on any atom is -0.508 e. The van der Waals surface area contributed by atoms with Gasteiger partial charge in [-0.3, -0.25) is 0 Å². The van der Waals surface area contributed by atoms with E-state index in [1.807, 2.05) is 0 Å². The molecule has 5 heteroatoms. The number of alkyl halides is 3. The van der Waals surface area contributed by atoms with Gasteiger partial charge in [0, 0.05) is 0 Å². The van der Waals surface area contributed by atoms with Crippen molar-refractivity contribution in [3.05, 3.63) is 29.8 Å². The van der Waals surface area contributed by atoms with E-state index in [0.717, 1.165) is 0 Å². The zero-order valence-corrected chi connectivity index (χ0v) is 8.68. The molecule has 0 unspecified atom stereocenters. The average molecular weight is 242 g/mol. The van der Waals surface area contributed by atoms with Crippen LogP contribution in [0.15, 0.2) is 24.3 Å². The summed E-state index contributed by atoms with van der Waals surface area (Å²) in [6.07, 6.45) is -1.20. The van der Waals surface area contributed by atoms with Gasteiger partial charge in [-0.25, -0.2) is 0 Å². The number of phenolic OH excluding ortho intramolecular Hbond substituents is 1. The smallest absolute Gasteiger partial charge is 0.220 e. The van der Waals surface area contributed by atoms with Crippen molar-refractivity contribution in [1.82, 2.24) is 0 Å². The van der Waals surface area contributed by atoms with E-state index in [2.05, 4.69) is 0 Å². The van der Waals surface area contributed by atoms with Crippen molar-refractivity contribution in [3.63, 3.8) is 0 Å². The summed E-state index contributed by atoms with van der Waals surface area (Å²) in [7, 11) is 0. The van der Waals surface area contributed by atoms with E-state index in [9.17, 15) is 5.11 Å². The van der Waals surface area contributed by atoms with Crippen molar-refractivity contribution in [3.8, 4) is 5.75 Å². The van der Waals surface area contributed by atoms with E-state index < -0.39 is 9.90 Å². The number of hydrogen-bond acceptors (Lipinski definition) is 2. The molecule has 0 saturated heterocycles. The number of rotatable bonds is 1. The highest BCUT2D eigenvalue weighted by Gasteiger charge is 2.31. The van der Waals surface area contributed by atoms with E-state index in [0.29, 0.717) is 5.56 Å². The summed E-state index contributed by atoms with van der Waals surface area (Å²) in [5.41, 5.74) is 0.442. The van der Waals surface area contributed by atoms with Crippen molar-refractivity contribution in [2.24, 2.45) is 0 Å². The predicted molar refractivity (Wildman–Crippen MR) is 53.4 cm³/mol. The highest BCUT2D eigenvalue weighted by molar-refractivity contribution is 6.68. The van der Waals surface area contributed by atoms with Gasteiger partial charge in [-0.15, -0.1) is 0 Å². The number of benzene rings is 1. The molecule has 0 saturated carbocycles. The molecular formula is C8H7Cl3O2. The lowest BCUT2D eigenvalue weighted by Crippen LogP contribution is -2.16. The molecule has 13 heavy (non-hydrogen) atoms. The molecule has 0 fully saturated rings. The molecule has 0 radical (unpaired) electrons. The molecule has 1 rings (SSSR count). The Kier molecular flexibility index (Phi) is 3.30. The second kappa shape index (κ2) is 3.93. The Balaban J connectivity index is 2.90. The molecule has 1 aromatic carbocycles. The van der Waals surface area contributed by atoms with Crippen LogP contribution in [0.5, 0.6) is 5.75 Å². The second-order valence-corrected chi connectivity index (χ2v) is 4.90. The molecular weight excluding hydrogens is 234 g/mol. The molecule has 0 amide bonds. The van der Waals surface area contributed by atoms with Gasteiger partial charge in [0.15, 0.2) is 0 Å². The monoisotopic (exact) mass is 240 g/mol. The third-order valence-electron chi connectivity index (χ3n) is 1.52. The number of aromatic hydroxyl groups is 1. The van der Waals surface area contributed by atoms with Gasteiger partial charge in [0.2, 0.25) is 3.79 Å². The summed E-state index contributed by atoms with van der Waals surface area (Å²) < 4.78 is -1.75. The third kappa shape index (κ3) is 2.92. The molecule has 0 aromatic heterocycles. The van der Waals surface area contributed by atoms with Crippen molar-refractivity contribution in [2.45, 2.75) is 9.90 Å². The fraction of sp³-hybridized carbons (Fsp3) is 0.250. The first-order valence-corrected chi connectivity index (χ1v) is 4.58. The van der Waals surface area contributed by atoms with Crippen LogP contribution in [0.25, 0.3) is 0 Å². The van der Waals surface area contributed by atoms with Crippen molar-refractivity contribution >= 4 is 34.8 Å². The van der Waals surface area contributed by atoms with E-state index in [4.69, 9.17) is 39.9 Å². The van der Waals surface area contributed by atoms with Gasteiger partial charge in [0.05, 0.1) is 0 Å². The van der Waals surface area contributed by atoms with Crippen LogP contribution in [0.3, 0.4) is 0 Å². The topological polar surface area (TPSA) is 40.5 Å². The Morgan fingerprint density at radius 1 is 1.08 bits per heavy atom. The Morgan fingerprint density at radius 3 is 1.92 bits per heavy atom. The van der Waals surface area contributed by atoms with E-state index in [1.54, 1.807) is 0 Å². The lowest BCUT2D eigenvalue weighted by atomic mass is 10.1. The number of hydrogen-bond donors (Lipinski definition) is 2. The van der Waals surface area contributed by atoms with Gasteiger partial charge < -0.3 is 10.2 Å². The van der Waals surface area contributed by atoms with Crippen LogP contribution in [-0.2, 0) is 0 Å². The quantitative estimate of drug-likeness (QED) is 0.742. The van der Waals surface area contributed by atoms with Crippen LogP contribution in [0, 0.1) is 0 Å². The Bertz CT molecular complexity index is 278. The number of aliphatic hydroxyl groups is 1. The molecule has 0 spiro atoms. The summed E-state index contributed by atoms with van der Waals surface area (Å²) in [5.74, 6) is 0.0975. The van der Waals surface area contributed by atoms with Crippen LogP contribution in [0.4, 0.5) is 0 Å². The van der Waals surface area contributed by atoms with Gasteiger partial charge >= 0.3 is 0 Å². The van der Waals surface area contributed by atoms with Gasteiger partial charge in [0.25, 0.3) is 0 Å². The first-order valence-electron chi connectivity index (χ1n) is 3.45. The Morgan fingerprint density at radius 2 is 1.54 bits per heavy atom. The van der Waals surface area contributed by atoms with Gasteiger partial charge in [0.1, 0.15) is 11.9 Å². The lowest BCUT2D eigenvalue weighted by Gasteiger charge is -2.18. The molecule has 2 N–H and O–H groups in total. The zero-order valence-electron chi connectivity index (χ0n) is 6.42. The molecule has 1 aromatic rings. The molecule has 0 aliphatic heterocycles. The fourth-order valence-corrected chi connectivity index (χ4v) is 1.22. The van der Waals surface area contributed by atoms with Crippen LogP contribution in [-0.4, -0.2) is 14.0 Å². The van der Waals surface area contributed by atoms with Crippen molar-refractivity contribution < 1.29 is 10.2 Å². The number of phenols is 1. The van der Waals surface area contributed by atoms with Crippen LogP contribution in [0.2, 0.25) is 0 Å². The first-order chi connectivity index (χ1) is 5.91. The highest BCUT2D eigenvalue weighted by atomic mass is 35.6. The highest BCUT2D eigenvalue weighted by Crippen LogP contribution is 2.39. The minimum atomic E-state index is -1.75. The summed E-state index contributed by atoms with van der Waals surface area (Å²) in [6, 6.07) is 5.80. The molecule has 0 aliphatic carbocycles. The molecule has 0 aliphatic rings. The van der Waals surface area contributed by atoms with Gasteiger partial charge in [-0.1, -0.05) is 46.9 Å².